The lowest BCUT2D eigenvalue weighted by molar-refractivity contribution is 0.102. The van der Waals surface area contributed by atoms with E-state index in [4.69, 9.17) is 0 Å². The molecule has 180 valence electrons. The van der Waals surface area contributed by atoms with Crippen molar-refractivity contribution >= 4 is 27.6 Å². The molecule has 0 N–H and O–H groups in total. The summed E-state index contributed by atoms with van der Waals surface area (Å²) in [6, 6.07) is 15.4. The van der Waals surface area contributed by atoms with Crippen LogP contribution in [0.25, 0.3) is 0 Å². The minimum Gasteiger partial charge on any atom is -0.344 e. The number of sulfonamides is 1. The number of nitrogens with zero attached hydrogens (tertiary/aromatic N) is 4. The highest BCUT2D eigenvalue weighted by Crippen LogP contribution is 2.24. The smallest absolute Gasteiger partial charge is 0.244 e. The number of hydrogen-bond acceptors (Lipinski definition) is 6. The van der Waals surface area contributed by atoms with E-state index < -0.39 is 10.0 Å². The molecule has 0 unspecified atom stereocenters. The Morgan fingerprint density at radius 1 is 1.03 bits per heavy atom. The van der Waals surface area contributed by atoms with E-state index in [-0.39, 0.29) is 16.4 Å². The molecular weight excluding hydrogens is 468 g/mol. The van der Waals surface area contributed by atoms with Gasteiger partial charge in [0, 0.05) is 55.9 Å². The fourth-order valence-corrected chi connectivity index (χ4v) is 6.19. The predicted octanol–water partition coefficient (Wildman–Crippen LogP) is 3.46. The summed E-state index contributed by atoms with van der Waals surface area (Å²) in [6.07, 6.45) is 1.40. The number of hydrogen-bond donors (Lipinski definition) is 0. The molecule has 0 amide bonds. The van der Waals surface area contributed by atoms with Crippen LogP contribution < -0.4 is 0 Å². The van der Waals surface area contributed by atoms with Crippen LogP contribution in [0.4, 0.5) is 0 Å². The van der Waals surface area contributed by atoms with E-state index in [2.05, 4.69) is 26.6 Å². The first-order valence-electron chi connectivity index (χ1n) is 11.3. The van der Waals surface area contributed by atoms with Crippen LogP contribution in [-0.2, 0) is 16.6 Å². The molecule has 1 aliphatic rings. The maximum absolute atomic E-state index is 12.9. The average Bonchev–Trinajstić information content (AvgIpc) is 3.12. The number of aryl methyl sites for hydroxylation is 1. The maximum Gasteiger partial charge on any atom is 0.244 e. The molecule has 0 radical (unpaired) electrons. The fourth-order valence-electron chi connectivity index (χ4n) is 4.09. The Hall–Kier alpha value is -2.46. The number of benzene rings is 1. The van der Waals surface area contributed by atoms with Crippen molar-refractivity contribution < 1.29 is 13.2 Å². The molecular formula is C25H30N4O3S2. The quantitative estimate of drug-likeness (QED) is 0.350. The summed E-state index contributed by atoms with van der Waals surface area (Å²) >= 11 is 1.32. The number of Topliss-reactive ketones (excluding diaryl/α,β-unsaturated/α-hetero) is 1. The van der Waals surface area contributed by atoms with Crippen LogP contribution in [-0.4, -0.2) is 71.9 Å². The first-order chi connectivity index (χ1) is 16.3. The summed E-state index contributed by atoms with van der Waals surface area (Å²) in [5.74, 6) is 0.279. The predicted molar refractivity (Wildman–Crippen MR) is 135 cm³/mol. The van der Waals surface area contributed by atoms with Crippen molar-refractivity contribution in [1.82, 2.24) is 18.8 Å². The van der Waals surface area contributed by atoms with Gasteiger partial charge in [-0.05, 0) is 44.7 Å². The Labute approximate surface area is 205 Å². The van der Waals surface area contributed by atoms with Crippen LogP contribution >= 0.6 is 11.8 Å². The van der Waals surface area contributed by atoms with Gasteiger partial charge in [0.05, 0.1) is 10.8 Å². The molecule has 4 rings (SSSR count). The molecule has 0 atom stereocenters. The minimum atomic E-state index is -3.54. The van der Waals surface area contributed by atoms with Crippen LogP contribution in [0.5, 0.6) is 0 Å². The highest BCUT2D eigenvalue weighted by Gasteiger charge is 2.27. The van der Waals surface area contributed by atoms with Gasteiger partial charge in [0.15, 0.2) is 5.78 Å². The van der Waals surface area contributed by atoms with Crippen molar-refractivity contribution in [2.24, 2.45) is 0 Å². The van der Waals surface area contributed by atoms with Crippen molar-refractivity contribution in [1.29, 1.82) is 0 Å². The van der Waals surface area contributed by atoms with Crippen molar-refractivity contribution in [2.45, 2.75) is 30.3 Å². The first kappa shape index (κ1) is 24.7. The van der Waals surface area contributed by atoms with E-state index >= 15 is 0 Å². The van der Waals surface area contributed by atoms with Crippen LogP contribution in [0.2, 0.25) is 0 Å². The second kappa shape index (κ2) is 10.4. The standard InChI is InChI=1S/C25H30N4O3S2/c1-19-15-23(20(2)29(19)17-21-7-5-4-6-8-21)24(30)18-33-25-10-9-22(16-26-25)34(31,32)28-13-11-27(3)12-14-28/h4-10,15-16H,11-14,17-18H2,1-3H3. The zero-order valence-electron chi connectivity index (χ0n) is 19.8. The Morgan fingerprint density at radius 3 is 2.38 bits per heavy atom. The third-order valence-corrected chi connectivity index (χ3v) is 9.04. The zero-order chi connectivity index (χ0) is 24.3. The molecule has 0 spiro atoms. The summed E-state index contributed by atoms with van der Waals surface area (Å²) in [4.78, 5) is 19.6. The molecule has 3 heterocycles. The van der Waals surface area contributed by atoms with Crippen molar-refractivity contribution in [3.05, 3.63) is 77.2 Å². The lowest BCUT2D eigenvalue weighted by atomic mass is 10.2. The van der Waals surface area contributed by atoms with Gasteiger partial charge in [-0.2, -0.15) is 4.31 Å². The number of piperazine rings is 1. The van der Waals surface area contributed by atoms with Gasteiger partial charge in [-0.3, -0.25) is 4.79 Å². The van der Waals surface area contributed by atoms with Crippen LogP contribution in [0.1, 0.15) is 27.3 Å². The van der Waals surface area contributed by atoms with E-state index in [1.165, 1.54) is 27.8 Å². The Balaban J connectivity index is 1.39. The zero-order valence-corrected chi connectivity index (χ0v) is 21.4. The summed E-state index contributed by atoms with van der Waals surface area (Å²) in [5.41, 5.74) is 3.91. The molecule has 34 heavy (non-hydrogen) atoms. The molecule has 1 saturated heterocycles. The van der Waals surface area contributed by atoms with Crippen LogP contribution in [0.15, 0.2) is 64.6 Å². The van der Waals surface area contributed by atoms with Crippen molar-refractivity contribution in [3.8, 4) is 0 Å². The SMILES string of the molecule is Cc1cc(C(=O)CSc2ccc(S(=O)(=O)N3CCN(C)CC3)cn2)c(C)n1Cc1ccccc1. The maximum atomic E-state index is 12.9. The van der Waals surface area contributed by atoms with Gasteiger partial charge in [0.25, 0.3) is 0 Å². The molecule has 9 heteroatoms. The van der Waals surface area contributed by atoms with Crippen LogP contribution in [0.3, 0.4) is 0 Å². The largest absolute Gasteiger partial charge is 0.344 e. The highest BCUT2D eigenvalue weighted by molar-refractivity contribution is 7.99. The number of rotatable bonds is 8. The van der Waals surface area contributed by atoms with E-state index in [9.17, 15) is 13.2 Å². The second-order valence-electron chi connectivity index (χ2n) is 8.61. The Bertz CT molecular complexity index is 1250. The summed E-state index contributed by atoms with van der Waals surface area (Å²) < 4.78 is 29.4. The Kier molecular flexibility index (Phi) is 7.57. The van der Waals surface area contributed by atoms with Crippen molar-refractivity contribution in [3.63, 3.8) is 0 Å². The third-order valence-electron chi connectivity index (χ3n) is 6.22. The summed E-state index contributed by atoms with van der Waals surface area (Å²) in [7, 11) is -1.56. The number of carbonyl (C=O) groups is 1. The molecule has 3 aromatic rings. The summed E-state index contributed by atoms with van der Waals surface area (Å²) in [6.45, 7) is 7.11. The van der Waals surface area contributed by atoms with Gasteiger partial charge in [-0.25, -0.2) is 13.4 Å². The third kappa shape index (κ3) is 5.43. The molecule has 0 bridgehead atoms. The van der Waals surface area contributed by atoms with Gasteiger partial charge >= 0.3 is 0 Å². The lowest BCUT2D eigenvalue weighted by Gasteiger charge is -2.31. The molecule has 0 saturated carbocycles. The number of carbonyl (C=O) groups excluding carboxylic acids is 1. The fraction of sp³-hybridized carbons (Fsp3) is 0.360. The molecule has 1 aliphatic heterocycles. The van der Waals surface area contributed by atoms with Gasteiger partial charge in [0.1, 0.15) is 4.90 Å². The van der Waals surface area contributed by atoms with Crippen LogP contribution in [0, 0.1) is 13.8 Å². The number of aromatic nitrogens is 2. The molecule has 1 aromatic carbocycles. The van der Waals surface area contributed by atoms with Gasteiger partial charge in [0.2, 0.25) is 10.0 Å². The van der Waals surface area contributed by atoms with Gasteiger partial charge < -0.3 is 9.47 Å². The minimum absolute atomic E-state index is 0.0355. The number of likely N-dealkylation sites (N-methyl/N-ethyl adjacent to an activating group) is 1. The van der Waals surface area contributed by atoms with Crippen molar-refractivity contribution in [2.75, 3.05) is 39.0 Å². The average molecular weight is 499 g/mol. The number of thioether (sulfide) groups is 1. The first-order valence-corrected chi connectivity index (χ1v) is 13.7. The molecule has 0 aliphatic carbocycles. The molecule has 7 nitrogen and oxygen atoms in total. The number of ketones is 1. The van der Waals surface area contributed by atoms with E-state index in [1.54, 1.807) is 12.1 Å². The second-order valence-corrected chi connectivity index (χ2v) is 11.5. The van der Waals surface area contributed by atoms with E-state index in [0.717, 1.165) is 23.5 Å². The molecule has 2 aromatic heterocycles. The summed E-state index contributed by atoms with van der Waals surface area (Å²) in [5, 5.41) is 0.628. The monoisotopic (exact) mass is 498 g/mol. The van der Waals surface area contributed by atoms with E-state index in [1.807, 2.05) is 45.2 Å². The molecule has 1 fully saturated rings. The van der Waals surface area contributed by atoms with Gasteiger partial charge in [-0.15, -0.1) is 0 Å². The Morgan fingerprint density at radius 2 is 1.74 bits per heavy atom. The normalized spacial score (nSPS) is 15.5. The lowest BCUT2D eigenvalue weighted by Crippen LogP contribution is -2.47. The van der Waals surface area contributed by atoms with Gasteiger partial charge in [-0.1, -0.05) is 42.1 Å². The highest BCUT2D eigenvalue weighted by atomic mass is 32.2. The topological polar surface area (TPSA) is 75.5 Å². The number of pyridine rings is 1. The van der Waals surface area contributed by atoms with E-state index in [0.29, 0.717) is 31.2 Å².